The quantitative estimate of drug-likeness (QED) is 0.788. The number of ether oxygens (including phenoxy) is 1. The van der Waals surface area contributed by atoms with Gasteiger partial charge in [-0.25, -0.2) is 4.98 Å². The molecule has 25 heavy (non-hydrogen) atoms. The molecule has 4 heteroatoms. The molecule has 1 fully saturated rings. The molecule has 0 bridgehead atoms. The van der Waals surface area contributed by atoms with Crippen LogP contribution in [0.2, 0.25) is 0 Å². The van der Waals surface area contributed by atoms with Crippen LogP contribution in [0, 0.1) is 0 Å². The van der Waals surface area contributed by atoms with Gasteiger partial charge < -0.3 is 10.1 Å². The summed E-state index contributed by atoms with van der Waals surface area (Å²) < 4.78 is 5.48. The molecule has 0 saturated carbocycles. The Balaban J connectivity index is 1.74. The first-order valence-electron chi connectivity index (χ1n) is 8.80. The van der Waals surface area contributed by atoms with E-state index in [0.29, 0.717) is 0 Å². The number of aromatic nitrogens is 1. The van der Waals surface area contributed by atoms with Crippen LogP contribution in [0.3, 0.4) is 0 Å². The number of pyridine rings is 1. The molecule has 128 valence electrons. The fourth-order valence-corrected chi connectivity index (χ4v) is 3.33. The first kappa shape index (κ1) is 16.1. The van der Waals surface area contributed by atoms with E-state index in [-0.39, 0.29) is 0 Å². The van der Waals surface area contributed by atoms with Crippen molar-refractivity contribution in [3.63, 3.8) is 0 Å². The highest BCUT2D eigenvalue weighted by Gasteiger charge is 2.14. The van der Waals surface area contributed by atoms with E-state index in [1.54, 1.807) is 0 Å². The molecule has 0 unspecified atom stereocenters. The largest absolute Gasteiger partial charge is 0.388 e. The summed E-state index contributed by atoms with van der Waals surface area (Å²) in [7, 11) is 1.93. The van der Waals surface area contributed by atoms with Crippen molar-refractivity contribution < 1.29 is 4.74 Å². The third kappa shape index (κ3) is 3.50. The summed E-state index contributed by atoms with van der Waals surface area (Å²) in [4.78, 5) is 7.35. The Bertz CT molecular complexity index is 855. The van der Waals surface area contributed by atoms with Gasteiger partial charge in [-0.05, 0) is 29.8 Å². The van der Waals surface area contributed by atoms with Gasteiger partial charge in [-0.3, -0.25) is 4.90 Å². The second-order valence-corrected chi connectivity index (χ2v) is 6.40. The van der Waals surface area contributed by atoms with E-state index in [0.717, 1.165) is 55.3 Å². The zero-order valence-electron chi connectivity index (χ0n) is 14.5. The summed E-state index contributed by atoms with van der Waals surface area (Å²) in [6.45, 7) is 4.56. The summed E-state index contributed by atoms with van der Waals surface area (Å²) in [5.41, 5.74) is 5.68. The maximum Gasteiger partial charge on any atom is 0.0712 e. The van der Waals surface area contributed by atoms with E-state index < -0.39 is 0 Å². The van der Waals surface area contributed by atoms with Crippen molar-refractivity contribution >= 4 is 16.6 Å². The molecular formula is C21H23N3O. The predicted octanol–water partition coefficient (Wildman–Crippen LogP) is 3.78. The topological polar surface area (TPSA) is 37.4 Å². The molecule has 0 amide bonds. The highest BCUT2D eigenvalue weighted by atomic mass is 16.5. The molecule has 1 aliphatic rings. The molecule has 4 rings (SSSR count). The molecule has 3 aromatic rings. The third-order valence-corrected chi connectivity index (χ3v) is 4.77. The van der Waals surface area contributed by atoms with Crippen LogP contribution in [0.25, 0.3) is 22.2 Å². The van der Waals surface area contributed by atoms with Crippen LogP contribution in [0.15, 0.2) is 54.6 Å². The first-order chi connectivity index (χ1) is 12.3. The van der Waals surface area contributed by atoms with Crippen LogP contribution >= 0.6 is 0 Å². The Morgan fingerprint density at radius 3 is 2.56 bits per heavy atom. The van der Waals surface area contributed by atoms with Crippen molar-refractivity contribution in [1.29, 1.82) is 0 Å². The highest BCUT2D eigenvalue weighted by molar-refractivity contribution is 5.85. The lowest BCUT2D eigenvalue weighted by Crippen LogP contribution is -2.35. The number of para-hydroxylation sites is 1. The van der Waals surface area contributed by atoms with Gasteiger partial charge >= 0.3 is 0 Å². The van der Waals surface area contributed by atoms with Crippen LogP contribution in [0.1, 0.15) is 5.56 Å². The van der Waals surface area contributed by atoms with Crippen molar-refractivity contribution in [1.82, 2.24) is 9.88 Å². The maximum atomic E-state index is 5.48. The van der Waals surface area contributed by atoms with Crippen LogP contribution < -0.4 is 5.32 Å². The van der Waals surface area contributed by atoms with E-state index >= 15 is 0 Å². The van der Waals surface area contributed by atoms with E-state index in [2.05, 4.69) is 64.8 Å². The number of hydrogen-bond acceptors (Lipinski definition) is 4. The van der Waals surface area contributed by atoms with E-state index in [9.17, 15) is 0 Å². The standard InChI is InChI=1S/C21H23N3O/c1-22-18-8-6-16(7-9-18)21-14-17(15-24-10-12-25-13-11-24)19-4-2-3-5-20(19)23-21/h2-9,14,22H,10-13,15H2,1H3. The fourth-order valence-electron chi connectivity index (χ4n) is 3.33. The van der Waals surface area contributed by atoms with E-state index in [1.165, 1.54) is 10.9 Å². The van der Waals surface area contributed by atoms with Gasteiger partial charge in [0.15, 0.2) is 0 Å². The Kier molecular flexibility index (Phi) is 4.63. The summed E-state index contributed by atoms with van der Waals surface area (Å²) in [6.07, 6.45) is 0. The van der Waals surface area contributed by atoms with Crippen molar-refractivity contribution in [3.8, 4) is 11.3 Å². The van der Waals surface area contributed by atoms with Crippen LogP contribution in [-0.2, 0) is 11.3 Å². The Labute approximate surface area is 148 Å². The highest BCUT2D eigenvalue weighted by Crippen LogP contribution is 2.27. The van der Waals surface area contributed by atoms with Gasteiger partial charge in [0.25, 0.3) is 0 Å². The Morgan fingerprint density at radius 2 is 1.80 bits per heavy atom. The average molecular weight is 333 g/mol. The number of anilines is 1. The number of nitrogens with zero attached hydrogens (tertiary/aromatic N) is 2. The minimum Gasteiger partial charge on any atom is -0.388 e. The molecule has 4 nitrogen and oxygen atoms in total. The zero-order valence-corrected chi connectivity index (χ0v) is 14.5. The second-order valence-electron chi connectivity index (χ2n) is 6.40. The molecule has 2 heterocycles. The van der Waals surface area contributed by atoms with Gasteiger partial charge in [0.1, 0.15) is 0 Å². The van der Waals surface area contributed by atoms with Gasteiger partial charge in [0.2, 0.25) is 0 Å². The normalized spacial score (nSPS) is 15.4. The Hall–Kier alpha value is -2.43. The zero-order chi connectivity index (χ0) is 17.1. The number of rotatable bonds is 4. The number of fused-ring (bicyclic) bond motifs is 1. The summed E-state index contributed by atoms with van der Waals surface area (Å²) in [5, 5.41) is 4.40. The minimum atomic E-state index is 0.821. The lowest BCUT2D eigenvalue weighted by atomic mass is 10.0. The lowest BCUT2D eigenvalue weighted by Gasteiger charge is -2.27. The van der Waals surface area contributed by atoms with Crippen molar-refractivity contribution in [2.75, 3.05) is 38.7 Å². The van der Waals surface area contributed by atoms with Crippen molar-refractivity contribution in [2.24, 2.45) is 0 Å². The predicted molar refractivity (Wildman–Crippen MR) is 103 cm³/mol. The van der Waals surface area contributed by atoms with Crippen LogP contribution in [-0.4, -0.2) is 43.2 Å². The van der Waals surface area contributed by atoms with E-state index in [4.69, 9.17) is 9.72 Å². The molecule has 1 N–H and O–H groups in total. The van der Waals surface area contributed by atoms with Gasteiger partial charge in [0, 0.05) is 43.3 Å². The summed E-state index contributed by atoms with van der Waals surface area (Å²) in [5.74, 6) is 0. The SMILES string of the molecule is CNc1ccc(-c2cc(CN3CCOCC3)c3ccccc3n2)cc1. The average Bonchev–Trinajstić information content (AvgIpc) is 2.69. The number of benzene rings is 2. The summed E-state index contributed by atoms with van der Waals surface area (Å²) >= 11 is 0. The molecule has 1 aromatic heterocycles. The monoisotopic (exact) mass is 333 g/mol. The van der Waals surface area contributed by atoms with Crippen LogP contribution in [0.5, 0.6) is 0 Å². The molecular weight excluding hydrogens is 310 g/mol. The van der Waals surface area contributed by atoms with E-state index in [1.807, 2.05) is 7.05 Å². The van der Waals surface area contributed by atoms with Gasteiger partial charge in [-0.2, -0.15) is 0 Å². The van der Waals surface area contributed by atoms with Gasteiger partial charge in [-0.15, -0.1) is 0 Å². The number of morpholine rings is 1. The summed E-state index contributed by atoms with van der Waals surface area (Å²) in [6, 6.07) is 19.1. The number of hydrogen-bond donors (Lipinski definition) is 1. The first-order valence-corrected chi connectivity index (χ1v) is 8.80. The van der Waals surface area contributed by atoms with Crippen LogP contribution in [0.4, 0.5) is 5.69 Å². The third-order valence-electron chi connectivity index (χ3n) is 4.77. The molecule has 0 atom stereocenters. The molecule has 0 radical (unpaired) electrons. The second kappa shape index (κ2) is 7.21. The molecule has 0 spiro atoms. The van der Waals surface area contributed by atoms with Gasteiger partial charge in [-0.1, -0.05) is 30.3 Å². The van der Waals surface area contributed by atoms with Crippen molar-refractivity contribution in [2.45, 2.75) is 6.54 Å². The Morgan fingerprint density at radius 1 is 1.04 bits per heavy atom. The molecule has 1 saturated heterocycles. The number of nitrogens with one attached hydrogen (secondary N) is 1. The smallest absolute Gasteiger partial charge is 0.0712 e. The molecule has 1 aliphatic heterocycles. The molecule has 0 aliphatic carbocycles. The van der Waals surface area contributed by atoms with Crippen molar-refractivity contribution in [3.05, 3.63) is 60.2 Å². The molecule has 2 aromatic carbocycles. The van der Waals surface area contributed by atoms with Gasteiger partial charge in [0.05, 0.1) is 24.4 Å². The fraction of sp³-hybridized carbons (Fsp3) is 0.286. The minimum absolute atomic E-state index is 0.821. The maximum absolute atomic E-state index is 5.48. The lowest BCUT2D eigenvalue weighted by molar-refractivity contribution is 0.0344.